The molecule has 0 radical (unpaired) electrons. The summed E-state index contributed by atoms with van der Waals surface area (Å²) in [5, 5.41) is 23.4. The van der Waals surface area contributed by atoms with Gasteiger partial charge in [0.1, 0.15) is 29.8 Å². The van der Waals surface area contributed by atoms with Crippen LogP contribution in [0.4, 0.5) is 0 Å². The van der Waals surface area contributed by atoms with Gasteiger partial charge in [0.25, 0.3) is 0 Å². The summed E-state index contributed by atoms with van der Waals surface area (Å²) >= 11 is 0. The van der Waals surface area contributed by atoms with Gasteiger partial charge in [0.15, 0.2) is 5.79 Å². The van der Waals surface area contributed by atoms with Crippen LogP contribution < -0.4 is 0 Å². The highest BCUT2D eigenvalue weighted by molar-refractivity contribution is 5.78. The second-order valence-corrected chi connectivity index (χ2v) is 13.7. The molecule has 2 bridgehead atoms. The summed E-state index contributed by atoms with van der Waals surface area (Å²) in [4.78, 5) is 14.1. The van der Waals surface area contributed by atoms with E-state index in [-0.39, 0.29) is 24.7 Å². The highest BCUT2D eigenvalue weighted by Crippen LogP contribution is 2.48. The van der Waals surface area contributed by atoms with Gasteiger partial charge in [0.05, 0.1) is 24.9 Å². The molecule has 8 heteroatoms. The average molecular weight is 587 g/mol. The highest BCUT2D eigenvalue weighted by Gasteiger charge is 2.60. The van der Waals surface area contributed by atoms with E-state index in [4.69, 9.17) is 23.7 Å². The van der Waals surface area contributed by atoms with E-state index in [1.807, 2.05) is 39.0 Å². The molecule has 0 aromatic heterocycles. The molecule has 4 aliphatic heterocycles. The van der Waals surface area contributed by atoms with Crippen molar-refractivity contribution in [1.82, 2.24) is 0 Å². The monoisotopic (exact) mass is 586 g/mol. The molecule has 3 saturated heterocycles. The number of hydrogen-bond donors (Lipinski definition) is 2. The first-order valence-electron chi connectivity index (χ1n) is 15.7. The number of hydrogen-bond acceptors (Lipinski definition) is 8. The van der Waals surface area contributed by atoms with Crippen molar-refractivity contribution in [2.24, 2.45) is 23.7 Å². The van der Waals surface area contributed by atoms with Gasteiger partial charge in [-0.1, -0.05) is 58.1 Å². The van der Waals surface area contributed by atoms with Crippen LogP contribution in [0.15, 0.2) is 47.1 Å². The van der Waals surface area contributed by atoms with E-state index >= 15 is 0 Å². The van der Waals surface area contributed by atoms with Crippen molar-refractivity contribution < 1.29 is 38.7 Å². The number of ether oxygens (including phenoxy) is 5. The zero-order valence-corrected chi connectivity index (χ0v) is 26.2. The second-order valence-electron chi connectivity index (χ2n) is 13.7. The van der Waals surface area contributed by atoms with Gasteiger partial charge < -0.3 is 33.9 Å². The van der Waals surface area contributed by atoms with Crippen molar-refractivity contribution in [3.8, 4) is 0 Å². The summed E-state index contributed by atoms with van der Waals surface area (Å²) in [5.74, 6) is -1.73. The standard InChI is InChI=1S/C34H50O8/c1-19(2)29-22(5)13-14-33(42-29)17-26-16-25(41-33)12-11-21(4)28(35)20(3)9-8-10-24-18-39-31-30(38-7)23(6)15-27(32(36)40-26)34(24,31)37/h8-11,15,19-20,22,25-31,35,37H,12-14,16-18H2,1-7H3/b9-8-,21-11+,24-10-/t20?,22?,25?,26?,27?,28-,29?,30?,31?,33?,34?/m1/s1. The molecular formula is C34H50O8. The summed E-state index contributed by atoms with van der Waals surface area (Å²) in [6, 6.07) is 0. The molecule has 0 aromatic rings. The topological polar surface area (TPSA) is 104 Å². The lowest BCUT2D eigenvalue weighted by Crippen LogP contribution is -2.58. The van der Waals surface area contributed by atoms with Crippen molar-refractivity contribution in [2.75, 3.05) is 13.7 Å². The van der Waals surface area contributed by atoms with Crippen LogP contribution in [0, 0.1) is 23.7 Å². The first-order valence-corrected chi connectivity index (χ1v) is 15.7. The Kier molecular flexibility index (Phi) is 9.25. The van der Waals surface area contributed by atoms with Gasteiger partial charge in [-0.3, -0.25) is 4.79 Å². The quantitative estimate of drug-likeness (QED) is 0.352. The van der Waals surface area contributed by atoms with Crippen molar-refractivity contribution in [3.63, 3.8) is 0 Å². The fourth-order valence-electron chi connectivity index (χ4n) is 7.73. The molecule has 5 rings (SSSR count). The Bertz CT molecular complexity index is 1140. The zero-order chi connectivity index (χ0) is 30.4. The van der Waals surface area contributed by atoms with Crippen molar-refractivity contribution in [1.29, 1.82) is 0 Å². The van der Waals surface area contributed by atoms with Crippen LogP contribution in [0.1, 0.15) is 73.6 Å². The Morgan fingerprint density at radius 2 is 1.88 bits per heavy atom. The highest BCUT2D eigenvalue weighted by atomic mass is 16.7. The first-order chi connectivity index (χ1) is 19.9. The molecular weight excluding hydrogens is 536 g/mol. The number of carbonyl (C=O) groups is 1. The van der Waals surface area contributed by atoms with Crippen LogP contribution in [0.3, 0.4) is 0 Å². The van der Waals surface area contributed by atoms with E-state index in [9.17, 15) is 15.0 Å². The maximum Gasteiger partial charge on any atom is 0.316 e. The minimum atomic E-state index is -1.63. The predicted octanol–water partition coefficient (Wildman–Crippen LogP) is 4.80. The largest absolute Gasteiger partial charge is 0.462 e. The van der Waals surface area contributed by atoms with Gasteiger partial charge in [-0.05, 0) is 55.2 Å². The van der Waals surface area contributed by atoms with Crippen LogP contribution in [0.5, 0.6) is 0 Å². The predicted molar refractivity (Wildman–Crippen MR) is 158 cm³/mol. The second kappa shape index (κ2) is 12.3. The Hall–Kier alpha value is -1.81. The summed E-state index contributed by atoms with van der Waals surface area (Å²) in [6.45, 7) is 12.5. The molecule has 42 heavy (non-hydrogen) atoms. The number of fused-ring (bicyclic) bond motifs is 2. The smallest absolute Gasteiger partial charge is 0.316 e. The Balaban J connectivity index is 1.54. The van der Waals surface area contributed by atoms with Crippen molar-refractivity contribution >= 4 is 5.97 Å². The fraction of sp³-hybridized carbons (Fsp3) is 0.735. The molecule has 0 amide bonds. The molecule has 3 fully saturated rings. The molecule has 234 valence electrons. The van der Waals surface area contributed by atoms with Crippen LogP contribution in [0.25, 0.3) is 0 Å². The number of esters is 1. The number of rotatable bonds is 2. The van der Waals surface area contributed by atoms with E-state index in [1.165, 1.54) is 0 Å². The van der Waals surface area contributed by atoms with E-state index < -0.39 is 47.7 Å². The molecule has 10 unspecified atom stereocenters. The summed E-state index contributed by atoms with van der Waals surface area (Å²) in [7, 11) is 1.58. The Labute approximate surface area is 250 Å². The molecule has 1 aliphatic carbocycles. The molecule has 1 spiro atoms. The third kappa shape index (κ3) is 5.83. The van der Waals surface area contributed by atoms with Crippen molar-refractivity contribution in [3.05, 3.63) is 47.1 Å². The Morgan fingerprint density at radius 3 is 2.60 bits per heavy atom. The molecule has 0 saturated carbocycles. The van der Waals surface area contributed by atoms with Gasteiger partial charge in [-0.2, -0.15) is 0 Å². The number of aliphatic hydroxyl groups is 2. The third-order valence-corrected chi connectivity index (χ3v) is 10.2. The molecule has 11 atom stereocenters. The number of carbonyl (C=O) groups excluding carboxylic acids is 1. The summed E-state index contributed by atoms with van der Waals surface area (Å²) in [5.41, 5.74) is 0.644. The lowest BCUT2D eigenvalue weighted by atomic mass is 9.70. The van der Waals surface area contributed by atoms with Crippen molar-refractivity contribution in [2.45, 2.75) is 122 Å². The lowest BCUT2D eigenvalue weighted by molar-refractivity contribution is -0.340. The van der Waals surface area contributed by atoms with E-state index in [0.29, 0.717) is 36.7 Å². The van der Waals surface area contributed by atoms with Crippen LogP contribution >= 0.6 is 0 Å². The molecule has 8 nitrogen and oxygen atoms in total. The summed E-state index contributed by atoms with van der Waals surface area (Å²) in [6.07, 6.45) is 9.99. The first kappa shape index (κ1) is 31.6. The summed E-state index contributed by atoms with van der Waals surface area (Å²) < 4.78 is 31.6. The minimum Gasteiger partial charge on any atom is -0.462 e. The molecule has 4 heterocycles. The molecule has 5 aliphatic rings. The zero-order valence-electron chi connectivity index (χ0n) is 26.2. The van der Waals surface area contributed by atoms with Gasteiger partial charge >= 0.3 is 5.97 Å². The van der Waals surface area contributed by atoms with E-state index in [0.717, 1.165) is 24.0 Å². The lowest BCUT2D eigenvalue weighted by Gasteiger charge is -2.50. The molecule has 0 aromatic carbocycles. The van der Waals surface area contributed by atoms with Gasteiger partial charge in [-0.15, -0.1) is 0 Å². The van der Waals surface area contributed by atoms with E-state index in [2.05, 4.69) is 20.8 Å². The van der Waals surface area contributed by atoms with Gasteiger partial charge in [-0.25, -0.2) is 0 Å². The number of methoxy groups -OCH3 is 1. The maximum absolute atomic E-state index is 14.1. The minimum absolute atomic E-state index is 0.0400. The SMILES string of the molecule is COC1C(C)=CC2C(=O)OC3CC(C/C=C(\C)[C@H](O)C(C)/C=C\C=C4\COC1C42O)OC1(CCC(C)C(C(C)C)O1)C3. The number of aliphatic hydroxyl groups excluding tert-OH is 1. The van der Waals surface area contributed by atoms with Crippen LogP contribution in [-0.2, 0) is 28.5 Å². The third-order valence-electron chi connectivity index (χ3n) is 10.2. The van der Waals surface area contributed by atoms with Crippen LogP contribution in [-0.4, -0.2) is 77.9 Å². The maximum atomic E-state index is 14.1. The fourth-order valence-corrected chi connectivity index (χ4v) is 7.73. The molecule has 2 N–H and O–H groups in total. The average Bonchev–Trinajstić information content (AvgIpc) is 3.28. The Morgan fingerprint density at radius 1 is 1.12 bits per heavy atom. The van der Waals surface area contributed by atoms with Crippen LogP contribution in [0.2, 0.25) is 0 Å². The van der Waals surface area contributed by atoms with Gasteiger partial charge in [0, 0.05) is 32.3 Å². The number of allylic oxidation sites excluding steroid dienone is 2. The van der Waals surface area contributed by atoms with Gasteiger partial charge in [0.2, 0.25) is 0 Å². The van der Waals surface area contributed by atoms with E-state index in [1.54, 1.807) is 19.3 Å². The normalized spacial score (nSPS) is 48.0.